The van der Waals surface area contributed by atoms with Crippen LogP contribution >= 0.6 is 22.9 Å². The highest BCUT2D eigenvalue weighted by atomic mass is 35.5. The van der Waals surface area contributed by atoms with Crippen LogP contribution in [-0.4, -0.2) is 48.4 Å². The average molecular weight is 505 g/mol. The number of carbonyl (C=O) groups is 1. The standard InChI is InChI=1S/C29H29ClN2O2S/c1-21-5-4-6-22(17-21)20-34-26(23-9-11-25(30)12-10-23)19-31-13-15-32(16-14-31)29(33)28-18-24-7-2-3-8-27(24)35-28/h2-12,17-18,26H,13-16,19-20H2,1H3. The fraction of sp³-hybridized carbons (Fsp3) is 0.276. The van der Waals surface area contributed by atoms with E-state index in [0.29, 0.717) is 6.61 Å². The van der Waals surface area contributed by atoms with Gasteiger partial charge in [0.25, 0.3) is 5.91 Å². The van der Waals surface area contributed by atoms with Crippen molar-refractivity contribution < 1.29 is 9.53 Å². The molecule has 0 bridgehead atoms. The predicted octanol–water partition coefficient (Wildman–Crippen LogP) is 6.58. The molecule has 1 aliphatic rings. The SMILES string of the molecule is Cc1cccc(COC(CN2CCN(C(=O)c3cc4ccccc4s3)CC2)c2ccc(Cl)cc2)c1. The number of amides is 1. The van der Waals surface area contributed by atoms with Crippen molar-refractivity contribution in [3.8, 4) is 0 Å². The smallest absolute Gasteiger partial charge is 0.264 e. The largest absolute Gasteiger partial charge is 0.368 e. The van der Waals surface area contributed by atoms with E-state index in [1.54, 1.807) is 11.3 Å². The molecule has 2 heterocycles. The van der Waals surface area contributed by atoms with Crippen molar-refractivity contribution in [3.63, 3.8) is 0 Å². The number of halogens is 1. The number of nitrogens with zero attached hydrogens (tertiary/aromatic N) is 2. The zero-order valence-corrected chi connectivity index (χ0v) is 21.4. The quantitative estimate of drug-likeness (QED) is 0.285. The molecule has 180 valence electrons. The molecule has 0 saturated carbocycles. The Morgan fingerprint density at radius 1 is 0.971 bits per heavy atom. The van der Waals surface area contributed by atoms with Gasteiger partial charge in [0.2, 0.25) is 0 Å². The lowest BCUT2D eigenvalue weighted by molar-refractivity contribution is 0.00346. The number of fused-ring (bicyclic) bond motifs is 1. The summed E-state index contributed by atoms with van der Waals surface area (Å²) in [6.45, 7) is 6.52. The van der Waals surface area contributed by atoms with E-state index in [4.69, 9.17) is 16.3 Å². The van der Waals surface area contributed by atoms with Gasteiger partial charge in [0, 0.05) is 42.4 Å². The molecule has 1 unspecified atom stereocenters. The molecule has 5 rings (SSSR count). The van der Waals surface area contributed by atoms with Crippen LogP contribution in [0.2, 0.25) is 5.02 Å². The van der Waals surface area contributed by atoms with Gasteiger partial charge in [0.15, 0.2) is 0 Å². The van der Waals surface area contributed by atoms with E-state index in [2.05, 4.69) is 48.2 Å². The van der Waals surface area contributed by atoms with E-state index in [9.17, 15) is 4.79 Å². The van der Waals surface area contributed by atoms with E-state index in [-0.39, 0.29) is 12.0 Å². The summed E-state index contributed by atoms with van der Waals surface area (Å²) in [6, 6.07) is 26.5. The summed E-state index contributed by atoms with van der Waals surface area (Å²) >= 11 is 7.71. The number of hydrogen-bond donors (Lipinski definition) is 0. The van der Waals surface area contributed by atoms with Crippen LogP contribution in [0.1, 0.15) is 32.5 Å². The fourth-order valence-electron chi connectivity index (χ4n) is 4.54. The molecule has 1 saturated heterocycles. The van der Waals surface area contributed by atoms with Gasteiger partial charge in [-0.15, -0.1) is 11.3 Å². The zero-order chi connectivity index (χ0) is 24.2. The van der Waals surface area contributed by atoms with Gasteiger partial charge in [-0.05, 0) is 47.7 Å². The summed E-state index contributed by atoms with van der Waals surface area (Å²) in [7, 11) is 0. The molecule has 1 fully saturated rings. The van der Waals surface area contributed by atoms with E-state index in [1.807, 2.05) is 47.4 Å². The average Bonchev–Trinajstić information content (AvgIpc) is 3.32. The van der Waals surface area contributed by atoms with Crippen molar-refractivity contribution >= 4 is 38.9 Å². The second-order valence-corrected chi connectivity index (χ2v) is 10.6. The van der Waals surface area contributed by atoms with Crippen LogP contribution < -0.4 is 0 Å². The normalized spacial score (nSPS) is 15.4. The Balaban J connectivity index is 1.22. The Kier molecular flexibility index (Phi) is 7.49. The maximum Gasteiger partial charge on any atom is 0.264 e. The lowest BCUT2D eigenvalue weighted by Crippen LogP contribution is -2.49. The first-order valence-corrected chi connectivity index (χ1v) is 13.2. The molecule has 0 spiro atoms. The summed E-state index contributed by atoms with van der Waals surface area (Å²) in [5.41, 5.74) is 3.52. The number of carbonyl (C=O) groups excluding carboxylic acids is 1. The maximum absolute atomic E-state index is 13.1. The number of aryl methyl sites for hydroxylation is 1. The van der Waals surface area contributed by atoms with Gasteiger partial charge in [0.05, 0.1) is 17.6 Å². The number of ether oxygens (including phenoxy) is 1. The lowest BCUT2D eigenvalue weighted by atomic mass is 10.1. The molecule has 1 atom stereocenters. The predicted molar refractivity (Wildman–Crippen MR) is 144 cm³/mol. The van der Waals surface area contributed by atoms with Crippen molar-refractivity contribution in [2.45, 2.75) is 19.6 Å². The van der Waals surface area contributed by atoms with E-state index in [1.165, 1.54) is 11.1 Å². The minimum absolute atomic E-state index is 0.0716. The van der Waals surface area contributed by atoms with Crippen molar-refractivity contribution in [3.05, 3.63) is 105 Å². The number of piperazine rings is 1. The highest BCUT2D eigenvalue weighted by molar-refractivity contribution is 7.20. The number of hydrogen-bond acceptors (Lipinski definition) is 4. The van der Waals surface area contributed by atoms with Crippen LogP contribution in [0.5, 0.6) is 0 Å². The first-order valence-electron chi connectivity index (χ1n) is 12.0. The molecule has 1 amide bonds. The highest BCUT2D eigenvalue weighted by Crippen LogP contribution is 2.27. The monoisotopic (exact) mass is 504 g/mol. The number of rotatable bonds is 7. The van der Waals surface area contributed by atoms with Crippen LogP contribution in [-0.2, 0) is 11.3 Å². The Hall–Kier alpha value is -2.70. The van der Waals surface area contributed by atoms with Gasteiger partial charge in [-0.2, -0.15) is 0 Å². The second kappa shape index (κ2) is 10.9. The second-order valence-electron chi connectivity index (χ2n) is 9.08. The van der Waals surface area contributed by atoms with Gasteiger partial charge in [-0.1, -0.05) is 71.8 Å². The van der Waals surface area contributed by atoms with Gasteiger partial charge in [0.1, 0.15) is 0 Å². The van der Waals surface area contributed by atoms with Crippen LogP contribution in [0.3, 0.4) is 0 Å². The Morgan fingerprint density at radius 3 is 2.49 bits per heavy atom. The molecular weight excluding hydrogens is 476 g/mol. The Bertz CT molecular complexity index is 1260. The van der Waals surface area contributed by atoms with Crippen LogP contribution in [0.15, 0.2) is 78.9 Å². The summed E-state index contributed by atoms with van der Waals surface area (Å²) in [4.78, 5) is 18.3. The van der Waals surface area contributed by atoms with Gasteiger partial charge in [-0.25, -0.2) is 0 Å². The van der Waals surface area contributed by atoms with Gasteiger partial charge >= 0.3 is 0 Å². The molecule has 0 N–H and O–H groups in total. The van der Waals surface area contributed by atoms with Gasteiger partial charge < -0.3 is 9.64 Å². The molecule has 1 aliphatic heterocycles. The molecule has 4 aromatic rings. The summed E-state index contributed by atoms with van der Waals surface area (Å²) in [5.74, 6) is 0.135. The van der Waals surface area contributed by atoms with E-state index in [0.717, 1.165) is 58.3 Å². The number of benzene rings is 3. The minimum Gasteiger partial charge on any atom is -0.368 e. The third kappa shape index (κ3) is 5.93. The fourth-order valence-corrected chi connectivity index (χ4v) is 5.70. The summed E-state index contributed by atoms with van der Waals surface area (Å²) < 4.78 is 7.58. The Labute approximate surface area is 215 Å². The van der Waals surface area contributed by atoms with Crippen molar-refractivity contribution in [1.29, 1.82) is 0 Å². The molecule has 1 aromatic heterocycles. The highest BCUT2D eigenvalue weighted by Gasteiger charge is 2.26. The Morgan fingerprint density at radius 2 is 1.74 bits per heavy atom. The lowest BCUT2D eigenvalue weighted by Gasteiger charge is -2.36. The summed E-state index contributed by atoms with van der Waals surface area (Å²) in [6.07, 6.45) is -0.0716. The summed E-state index contributed by atoms with van der Waals surface area (Å²) in [5, 5.41) is 1.86. The molecular formula is C29H29ClN2O2S. The molecule has 3 aromatic carbocycles. The van der Waals surface area contributed by atoms with Crippen LogP contribution in [0, 0.1) is 6.92 Å². The van der Waals surface area contributed by atoms with Gasteiger partial charge in [-0.3, -0.25) is 9.69 Å². The van der Waals surface area contributed by atoms with Crippen LogP contribution in [0.4, 0.5) is 0 Å². The first kappa shape index (κ1) is 24.0. The van der Waals surface area contributed by atoms with E-state index >= 15 is 0 Å². The zero-order valence-electron chi connectivity index (χ0n) is 19.8. The van der Waals surface area contributed by atoms with E-state index < -0.39 is 0 Å². The number of thiophene rings is 1. The molecule has 35 heavy (non-hydrogen) atoms. The third-order valence-electron chi connectivity index (χ3n) is 6.50. The minimum atomic E-state index is -0.0716. The molecule has 0 aliphatic carbocycles. The molecule has 0 radical (unpaired) electrons. The third-order valence-corrected chi connectivity index (χ3v) is 7.85. The maximum atomic E-state index is 13.1. The van der Waals surface area contributed by atoms with Crippen molar-refractivity contribution in [2.24, 2.45) is 0 Å². The van der Waals surface area contributed by atoms with Crippen LogP contribution in [0.25, 0.3) is 10.1 Å². The topological polar surface area (TPSA) is 32.8 Å². The van der Waals surface area contributed by atoms with Crippen molar-refractivity contribution in [2.75, 3.05) is 32.7 Å². The van der Waals surface area contributed by atoms with Crippen molar-refractivity contribution in [1.82, 2.24) is 9.80 Å². The molecule has 4 nitrogen and oxygen atoms in total. The molecule has 6 heteroatoms. The first-order chi connectivity index (χ1) is 17.0.